The first-order valence-electron chi connectivity index (χ1n) is 6.34. The number of nitrogens with one attached hydrogen (secondary N) is 1. The van der Waals surface area contributed by atoms with E-state index in [4.69, 9.17) is 4.74 Å². The Balaban J connectivity index is 2.37. The summed E-state index contributed by atoms with van der Waals surface area (Å²) in [4.78, 5) is 12.8. The highest BCUT2D eigenvalue weighted by molar-refractivity contribution is 5.67. The van der Waals surface area contributed by atoms with Gasteiger partial charge in [0.25, 0.3) is 0 Å². The average Bonchev–Trinajstić information content (AvgIpc) is 2.56. The van der Waals surface area contributed by atoms with Gasteiger partial charge in [-0.3, -0.25) is 4.90 Å². The Bertz CT molecular complexity index is 313. The molecule has 0 radical (unpaired) electrons. The molecule has 1 N–H and O–H groups in total. The molecule has 0 bridgehead atoms. The van der Waals surface area contributed by atoms with Gasteiger partial charge in [0.1, 0.15) is 5.60 Å². The van der Waals surface area contributed by atoms with Crippen LogP contribution in [0, 0.1) is 0 Å². The summed E-state index contributed by atoms with van der Waals surface area (Å²) in [6.45, 7) is 4.88. The average molecular weight is 282 g/mol. The molecule has 1 fully saturated rings. The van der Waals surface area contributed by atoms with Crippen molar-refractivity contribution in [1.29, 1.82) is 0 Å². The van der Waals surface area contributed by atoms with E-state index in [1.54, 1.807) is 20.8 Å². The zero-order valence-electron chi connectivity index (χ0n) is 11.5. The van der Waals surface area contributed by atoms with Crippen LogP contribution in [-0.4, -0.2) is 48.4 Å². The van der Waals surface area contributed by atoms with Crippen LogP contribution in [0.4, 0.5) is 18.0 Å². The Kier molecular flexibility index (Phi) is 5.06. The number of carbonyl (C=O) groups is 1. The number of alkyl halides is 3. The summed E-state index contributed by atoms with van der Waals surface area (Å²) >= 11 is 0. The number of nitrogens with zero attached hydrogens (tertiary/aromatic N) is 1. The lowest BCUT2D eigenvalue weighted by atomic mass is 10.2. The Morgan fingerprint density at radius 3 is 2.53 bits per heavy atom. The van der Waals surface area contributed by atoms with Gasteiger partial charge in [-0.2, -0.15) is 13.2 Å². The highest BCUT2D eigenvalue weighted by Gasteiger charge is 2.36. The maximum atomic E-state index is 12.3. The third-order valence-electron chi connectivity index (χ3n) is 2.76. The molecule has 1 saturated heterocycles. The number of ether oxygens (including phenoxy) is 1. The molecule has 0 aromatic carbocycles. The summed E-state index contributed by atoms with van der Waals surface area (Å²) < 4.78 is 42.1. The van der Waals surface area contributed by atoms with Crippen molar-refractivity contribution in [2.45, 2.75) is 51.4 Å². The van der Waals surface area contributed by atoms with Crippen molar-refractivity contribution in [2.24, 2.45) is 0 Å². The van der Waals surface area contributed by atoms with Crippen LogP contribution in [0.5, 0.6) is 0 Å². The van der Waals surface area contributed by atoms with E-state index in [1.807, 2.05) is 0 Å². The van der Waals surface area contributed by atoms with Crippen molar-refractivity contribution in [1.82, 2.24) is 10.2 Å². The van der Waals surface area contributed by atoms with E-state index >= 15 is 0 Å². The summed E-state index contributed by atoms with van der Waals surface area (Å²) in [5, 5.41) is 2.53. The second-order valence-corrected chi connectivity index (χ2v) is 5.76. The number of alkyl carbamates (subject to hydrolysis) is 1. The second kappa shape index (κ2) is 5.98. The lowest BCUT2D eigenvalue weighted by Gasteiger charge is -2.26. The van der Waals surface area contributed by atoms with E-state index in [1.165, 1.54) is 4.90 Å². The van der Waals surface area contributed by atoms with E-state index in [0.29, 0.717) is 13.0 Å². The van der Waals surface area contributed by atoms with Crippen LogP contribution in [0.15, 0.2) is 0 Å². The van der Waals surface area contributed by atoms with Gasteiger partial charge in [0.2, 0.25) is 0 Å². The fourth-order valence-corrected chi connectivity index (χ4v) is 2.08. The van der Waals surface area contributed by atoms with Crippen LogP contribution in [0.1, 0.15) is 33.6 Å². The number of hydrogen-bond acceptors (Lipinski definition) is 3. The van der Waals surface area contributed by atoms with Crippen LogP contribution in [0.25, 0.3) is 0 Å². The van der Waals surface area contributed by atoms with Crippen LogP contribution in [0.2, 0.25) is 0 Å². The second-order valence-electron chi connectivity index (χ2n) is 5.76. The van der Waals surface area contributed by atoms with Crippen LogP contribution in [0.3, 0.4) is 0 Å². The quantitative estimate of drug-likeness (QED) is 0.865. The van der Waals surface area contributed by atoms with Crippen LogP contribution in [-0.2, 0) is 4.74 Å². The van der Waals surface area contributed by atoms with Gasteiger partial charge in [0.15, 0.2) is 0 Å². The predicted molar refractivity (Wildman–Crippen MR) is 64.9 cm³/mol. The number of likely N-dealkylation sites (tertiary alicyclic amines) is 1. The maximum Gasteiger partial charge on any atom is 0.407 e. The molecular formula is C12H21F3N2O2. The van der Waals surface area contributed by atoms with Gasteiger partial charge in [0.05, 0.1) is 6.54 Å². The Hall–Kier alpha value is -0.980. The molecule has 0 saturated carbocycles. The van der Waals surface area contributed by atoms with Crippen molar-refractivity contribution >= 4 is 6.09 Å². The SMILES string of the molecule is CC(C)(C)OC(=O)NC[C@H]1CCCN1CC(F)(F)F. The Morgan fingerprint density at radius 1 is 1.37 bits per heavy atom. The largest absolute Gasteiger partial charge is 0.444 e. The molecule has 1 aliphatic heterocycles. The summed E-state index contributed by atoms with van der Waals surface area (Å²) in [5.41, 5.74) is -0.606. The van der Waals surface area contributed by atoms with Gasteiger partial charge in [-0.25, -0.2) is 4.79 Å². The normalized spacial score (nSPS) is 21.5. The van der Waals surface area contributed by atoms with Crippen molar-refractivity contribution in [3.63, 3.8) is 0 Å². The predicted octanol–water partition coefficient (Wildman–Crippen LogP) is 2.54. The molecule has 0 aromatic heterocycles. The number of amides is 1. The molecule has 0 unspecified atom stereocenters. The summed E-state index contributed by atoms with van der Waals surface area (Å²) in [7, 11) is 0. The van der Waals surface area contributed by atoms with Crippen molar-refractivity contribution in [3.05, 3.63) is 0 Å². The van der Waals surface area contributed by atoms with E-state index in [9.17, 15) is 18.0 Å². The number of halogens is 3. The molecule has 1 heterocycles. The minimum absolute atomic E-state index is 0.186. The zero-order valence-corrected chi connectivity index (χ0v) is 11.5. The first-order chi connectivity index (χ1) is 8.57. The van der Waals surface area contributed by atoms with Gasteiger partial charge in [-0.1, -0.05) is 0 Å². The van der Waals surface area contributed by atoms with Crippen molar-refractivity contribution in [3.8, 4) is 0 Å². The minimum Gasteiger partial charge on any atom is -0.444 e. The molecule has 0 aliphatic carbocycles. The Labute approximate surface area is 111 Å². The van der Waals surface area contributed by atoms with Crippen LogP contribution >= 0.6 is 0 Å². The summed E-state index contributed by atoms with van der Waals surface area (Å²) in [6, 6.07) is -0.269. The molecule has 1 amide bonds. The number of rotatable bonds is 3. The third kappa shape index (κ3) is 6.66. The molecule has 0 aromatic rings. The highest BCUT2D eigenvalue weighted by Crippen LogP contribution is 2.23. The molecule has 0 spiro atoms. The van der Waals surface area contributed by atoms with E-state index in [-0.39, 0.29) is 12.6 Å². The lowest BCUT2D eigenvalue weighted by molar-refractivity contribution is -0.147. The van der Waals surface area contributed by atoms with E-state index < -0.39 is 24.4 Å². The first-order valence-corrected chi connectivity index (χ1v) is 6.34. The lowest BCUT2D eigenvalue weighted by Crippen LogP contribution is -2.45. The summed E-state index contributed by atoms with van der Waals surface area (Å²) in [6.07, 6.45) is -3.41. The fraction of sp³-hybridized carbons (Fsp3) is 0.917. The maximum absolute atomic E-state index is 12.3. The molecule has 1 rings (SSSR count). The van der Waals surface area contributed by atoms with Crippen molar-refractivity contribution in [2.75, 3.05) is 19.6 Å². The summed E-state index contributed by atoms with van der Waals surface area (Å²) in [5.74, 6) is 0. The van der Waals surface area contributed by atoms with Gasteiger partial charge >= 0.3 is 12.3 Å². The van der Waals surface area contributed by atoms with Crippen LogP contribution < -0.4 is 5.32 Å². The third-order valence-corrected chi connectivity index (χ3v) is 2.76. The Morgan fingerprint density at radius 2 is 2.00 bits per heavy atom. The first kappa shape index (κ1) is 16.1. The van der Waals surface area contributed by atoms with Gasteiger partial charge in [-0.05, 0) is 40.2 Å². The molecule has 1 aliphatic rings. The molecule has 1 atom stereocenters. The minimum atomic E-state index is -4.20. The van der Waals surface area contributed by atoms with Crippen molar-refractivity contribution < 1.29 is 22.7 Å². The molecule has 19 heavy (non-hydrogen) atoms. The molecule has 7 heteroatoms. The molecular weight excluding hydrogens is 261 g/mol. The highest BCUT2D eigenvalue weighted by atomic mass is 19.4. The molecule has 112 valence electrons. The van der Waals surface area contributed by atoms with E-state index in [0.717, 1.165) is 6.42 Å². The zero-order chi connectivity index (χ0) is 14.7. The standard InChI is InChI=1S/C12H21F3N2O2/c1-11(2,3)19-10(18)16-7-9-5-4-6-17(9)8-12(13,14)15/h9H,4-8H2,1-3H3,(H,16,18)/t9-/m1/s1. The fourth-order valence-electron chi connectivity index (χ4n) is 2.08. The van der Waals surface area contributed by atoms with E-state index in [2.05, 4.69) is 5.32 Å². The molecule has 4 nitrogen and oxygen atoms in total. The monoisotopic (exact) mass is 282 g/mol. The van der Waals surface area contributed by atoms with Gasteiger partial charge in [-0.15, -0.1) is 0 Å². The number of hydrogen-bond donors (Lipinski definition) is 1. The smallest absolute Gasteiger partial charge is 0.407 e. The number of carbonyl (C=O) groups excluding carboxylic acids is 1. The topological polar surface area (TPSA) is 41.6 Å². The van der Waals surface area contributed by atoms with Gasteiger partial charge in [0, 0.05) is 12.6 Å². The van der Waals surface area contributed by atoms with Gasteiger partial charge < -0.3 is 10.1 Å².